The largest absolute Gasteiger partial charge is 0.393 e. The number of aryl methyl sites for hydroxylation is 2. The third kappa shape index (κ3) is 3.81. The van der Waals surface area contributed by atoms with Crippen molar-refractivity contribution in [3.8, 4) is 0 Å². The van der Waals surface area contributed by atoms with Gasteiger partial charge in [0.25, 0.3) is 0 Å². The predicted octanol–water partition coefficient (Wildman–Crippen LogP) is 2.13. The molecule has 2 N–H and O–H groups in total. The van der Waals surface area contributed by atoms with Crippen molar-refractivity contribution < 1.29 is 13.5 Å². The molecule has 0 saturated heterocycles. The Morgan fingerprint density at radius 3 is 2.50 bits per heavy atom. The quantitative estimate of drug-likeness (QED) is 0.894. The second kappa shape index (κ2) is 6.24. The van der Waals surface area contributed by atoms with Crippen molar-refractivity contribution in [2.24, 2.45) is 5.92 Å². The Bertz CT molecular complexity index is 560. The molecule has 2 rings (SSSR count). The van der Waals surface area contributed by atoms with Crippen LogP contribution in [0.25, 0.3) is 0 Å². The van der Waals surface area contributed by atoms with Gasteiger partial charge in [0.15, 0.2) is 0 Å². The maximum atomic E-state index is 12.4. The molecular formula is C15H23NO3S. The minimum atomic E-state index is -3.44. The first kappa shape index (κ1) is 15.5. The molecule has 20 heavy (non-hydrogen) atoms. The van der Waals surface area contributed by atoms with Crippen molar-refractivity contribution in [1.29, 1.82) is 0 Å². The zero-order valence-corrected chi connectivity index (χ0v) is 12.9. The lowest BCUT2D eigenvalue weighted by atomic mass is 9.88. The van der Waals surface area contributed by atoms with Crippen molar-refractivity contribution in [1.82, 2.24) is 4.72 Å². The molecule has 0 aromatic heterocycles. The average Bonchev–Trinajstić information content (AvgIpc) is 2.41. The van der Waals surface area contributed by atoms with Gasteiger partial charge in [-0.2, -0.15) is 0 Å². The fourth-order valence-corrected chi connectivity index (χ4v) is 4.09. The van der Waals surface area contributed by atoms with E-state index < -0.39 is 10.0 Å². The number of aliphatic hydroxyl groups is 1. The number of hydrogen-bond acceptors (Lipinski definition) is 3. The van der Waals surface area contributed by atoms with Crippen LogP contribution >= 0.6 is 0 Å². The standard InChI is InChI=1S/C15H23NO3S/c1-11-3-4-12(2)15(9-11)20(18,19)16-10-13-5-7-14(17)8-6-13/h3-4,9,13-14,16-17H,5-8,10H2,1-2H3. The molecule has 1 saturated carbocycles. The molecule has 0 bridgehead atoms. The van der Waals surface area contributed by atoms with Crippen LogP contribution in [-0.2, 0) is 10.0 Å². The molecule has 0 unspecified atom stereocenters. The van der Waals surface area contributed by atoms with Crippen LogP contribution in [0.4, 0.5) is 0 Å². The monoisotopic (exact) mass is 297 g/mol. The zero-order chi connectivity index (χ0) is 14.8. The van der Waals surface area contributed by atoms with E-state index in [4.69, 9.17) is 0 Å². The molecule has 1 fully saturated rings. The smallest absolute Gasteiger partial charge is 0.240 e. The van der Waals surface area contributed by atoms with Gasteiger partial charge in [0, 0.05) is 6.54 Å². The summed E-state index contributed by atoms with van der Waals surface area (Å²) in [5, 5.41) is 9.46. The van der Waals surface area contributed by atoms with Crippen LogP contribution in [0.5, 0.6) is 0 Å². The maximum absolute atomic E-state index is 12.4. The van der Waals surface area contributed by atoms with Gasteiger partial charge in [-0.05, 0) is 62.6 Å². The van der Waals surface area contributed by atoms with Crippen molar-refractivity contribution in [2.75, 3.05) is 6.54 Å². The van der Waals surface area contributed by atoms with Gasteiger partial charge in [0.05, 0.1) is 11.0 Å². The van der Waals surface area contributed by atoms with Crippen molar-refractivity contribution in [2.45, 2.75) is 50.5 Å². The first-order valence-electron chi connectivity index (χ1n) is 7.13. The van der Waals surface area contributed by atoms with E-state index in [9.17, 15) is 13.5 Å². The van der Waals surface area contributed by atoms with E-state index in [1.807, 2.05) is 26.0 Å². The van der Waals surface area contributed by atoms with Crippen LogP contribution in [0.2, 0.25) is 0 Å². The third-order valence-corrected chi connectivity index (χ3v) is 5.58. The minimum Gasteiger partial charge on any atom is -0.393 e. The maximum Gasteiger partial charge on any atom is 0.240 e. The van der Waals surface area contributed by atoms with Gasteiger partial charge >= 0.3 is 0 Å². The van der Waals surface area contributed by atoms with Gasteiger partial charge in [-0.25, -0.2) is 13.1 Å². The molecule has 1 aromatic carbocycles. The highest BCUT2D eigenvalue weighted by molar-refractivity contribution is 7.89. The Labute approximate surface area is 121 Å². The third-order valence-electron chi connectivity index (χ3n) is 4.01. The summed E-state index contributed by atoms with van der Waals surface area (Å²) >= 11 is 0. The molecule has 0 atom stereocenters. The molecular weight excluding hydrogens is 274 g/mol. The SMILES string of the molecule is Cc1ccc(C)c(S(=O)(=O)NCC2CCC(O)CC2)c1. The molecule has 1 aliphatic carbocycles. The second-order valence-corrected chi connectivity index (χ2v) is 7.53. The number of sulfonamides is 1. The summed E-state index contributed by atoms with van der Waals surface area (Å²) in [6.45, 7) is 4.16. The van der Waals surface area contributed by atoms with Gasteiger partial charge in [0.1, 0.15) is 0 Å². The molecule has 0 radical (unpaired) electrons. The van der Waals surface area contributed by atoms with E-state index in [0.717, 1.165) is 36.8 Å². The molecule has 0 amide bonds. The Hall–Kier alpha value is -0.910. The fourth-order valence-electron chi connectivity index (χ4n) is 2.65. The topological polar surface area (TPSA) is 66.4 Å². The van der Waals surface area contributed by atoms with Crippen molar-refractivity contribution >= 4 is 10.0 Å². The van der Waals surface area contributed by atoms with Gasteiger partial charge in [0.2, 0.25) is 10.0 Å². The first-order chi connectivity index (χ1) is 9.38. The number of benzene rings is 1. The minimum absolute atomic E-state index is 0.207. The molecule has 1 aliphatic rings. The summed E-state index contributed by atoms with van der Waals surface area (Å²) in [6, 6.07) is 5.46. The van der Waals surface area contributed by atoms with Gasteiger partial charge in [-0.3, -0.25) is 0 Å². The van der Waals surface area contributed by atoms with Crippen LogP contribution in [0.1, 0.15) is 36.8 Å². The molecule has 1 aromatic rings. The van der Waals surface area contributed by atoms with Gasteiger partial charge in [-0.1, -0.05) is 12.1 Å². The van der Waals surface area contributed by atoms with Crippen molar-refractivity contribution in [3.63, 3.8) is 0 Å². The van der Waals surface area contributed by atoms with Crippen molar-refractivity contribution in [3.05, 3.63) is 29.3 Å². The molecule has 5 heteroatoms. The lowest BCUT2D eigenvalue weighted by Crippen LogP contribution is -2.32. The van der Waals surface area contributed by atoms with E-state index in [1.165, 1.54) is 0 Å². The Morgan fingerprint density at radius 2 is 1.85 bits per heavy atom. The molecule has 0 aliphatic heterocycles. The van der Waals surface area contributed by atoms with E-state index >= 15 is 0 Å². The molecule has 4 nitrogen and oxygen atoms in total. The Kier molecular flexibility index (Phi) is 4.83. The van der Waals surface area contributed by atoms with Crippen LogP contribution < -0.4 is 4.72 Å². The highest BCUT2D eigenvalue weighted by atomic mass is 32.2. The van der Waals surface area contributed by atoms with Crippen LogP contribution in [0, 0.1) is 19.8 Å². The Morgan fingerprint density at radius 1 is 1.20 bits per heavy atom. The molecule has 0 spiro atoms. The predicted molar refractivity (Wildman–Crippen MR) is 79.1 cm³/mol. The van der Waals surface area contributed by atoms with E-state index in [1.54, 1.807) is 6.07 Å². The molecule has 0 heterocycles. The first-order valence-corrected chi connectivity index (χ1v) is 8.62. The Balaban J connectivity index is 2.02. The number of rotatable bonds is 4. The summed E-state index contributed by atoms with van der Waals surface area (Å²) in [5.41, 5.74) is 1.71. The molecule has 112 valence electrons. The van der Waals surface area contributed by atoms with Gasteiger partial charge in [-0.15, -0.1) is 0 Å². The lowest BCUT2D eigenvalue weighted by Gasteiger charge is -2.25. The summed E-state index contributed by atoms with van der Waals surface area (Å²) in [7, 11) is -3.44. The summed E-state index contributed by atoms with van der Waals surface area (Å²) in [4.78, 5) is 0.369. The highest BCUT2D eigenvalue weighted by Gasteiger charge is 2.22. The number of aliphatic hydroxyl groups excluding tert-OH is 1. The van der Waals surface area contributed by atoms with Crippen LogP contribution in [0.3, 0.4) is 0 Å². The lowest BCUT2D eigenvalue weighted by molar-refractivity contribution is 0.109. The summed E-state index contributed by atoms with van der Waals surface area (Å²) in [5.74, 6) is 0.332. The van der Waals surface area contributed by atoms with Crippen LogP contribution in [-0.4, -0.2) is 26.2 Å². The number of nitrogens with one attached hydrogen (secondary N) is 1. The van der Waals surface area contributed by atoms with E-state index in [-0.39, 0.29) is 6.10 Å². The average molecular weight is 297 g/mol. The number of hydrogen-bond donors (Lipinski definition) is 2. The second-order valence-electron chi connectivity index (χ2n) is 5.80. The van der Waals surface area contributed by atoms with E-state index in [2.05, 4.69) is 4.72 Å². The summed E-state index contributed by atoms with van der Waals surface area (Å²) in [6.07, 6.45) is 3.11. The highest BCUT2D eigenvalue weighted by Crippen LogP contribution is 2.24. The summed E-state index contributed by atoms with van der Waals surface area (Å²) < 4.78 is 27.4. The fraction of sp³-hybridized carbons (Fsp3) is 0.600. The van der Waals surface area contributed by atoms with Gasteiger partial charge < -0.3 is 5.11 Å². The normalized spacial score (nSPS) is 23.8. The zero-order valence-electron chi connectivity index (χ0n) is 12.1. The van der Waals surface area contributed by atoms with Crippen LogP contribution in [0.15, 0.2) is 23.1 Å². The van der Waals surface area contributed by atoms with E-state index in [0.29, 0.717) is 17.4 Å².